The van der Waals surface area contributed by atoms with E-state index >= 15 is 0 Å². The number of amides is 1. The number of hydrogen-bond donors (Lipinski definition) is 1. The molecule has 1 unspecified atom stereocenters. The predicted molar refractivity (Wildman–Crippen MR) is 113 cm³/mol. The van der Waals surface area contributed by atoms with Crippen molar-refractivity contribution in [1.29, 1.82) is 0 Å². The van der Waals surface area contributed by atoms with Crippen molar-refractivity contribution >= 4 is 32.7 Å². The molecule has 2 heterocycles. The third kappa shape index (κ3) is 3.78. The summed E-state index contributed by atoms with van der Waals surface area (Å²) in [6.07, 6.45) is 1.21. The third-order valence-corrected chi connectivity index (χ3v) is 7.30. The molecule has 0 spiro atoms. The second-order valence-corrected chi connectivity index (χ2v) is 9.56. The van der Waals surface area contributed by atoms with Gasteiger partial charge in [-0.3, -0.25) is 9.36 Å². The SMILES string of the molecule is Cc1cccc(NC(=O)C2CCCN(S(=O)(=O)c3ccc4c(c3)oc(=O)n4C)C2)c1. The molecule has 0 radical (unpaired) electrons. The molecule has 1 fully saturated rings. The minimum atomic E-state index is -3.82. The molecule has 1 atom stereocenters. The molecule has 1 aromatic heterocycles. The lowest BCUT2D eigenvalue weighted by Crippen LogP contribution is -2.43. The summed E-state index contributed by atoms with van der Waals surface area (Å²) in [5, 5.41) is 2.88. The second-order valence-electron chi connectivity index (χ2n) is 7.62. The van der Waals surface area contributed by atoms with Crippen LogP contribution >= 0.6 is 0 Å². The van der Waals surface area contributed by atoms with Gasteiger partial charge in [-0.15, -0.1) is 0 Å². The fourth-order valence-corrected chi connectivity index (χ4v) is 5.31. The maximum absolute atomic E-state index is 13.2. The van der Waals surface area contributed by atoms with Gasteiger partial charge in [-0.2, -0.15) is 4.31 Å². The fraction of sp³-hybridized carbons (Fsp3) is 0.333. The van der Waals surface area contributed by atoms with Gasteiger partial charge in [0.15, 0.2) is 5.58 Å². The van der Waals surface area contributed by atoms with Crippen molar-refractivity contribution in [2.45, 2.75) is 24.7 Å². The van der Waals surface area contributed by atoms with Gasteiger partial charge >= 0.3 is 5.76 Å². The maximum Gasteiger partial charge on any atom is 0.419 e. The van der Waals surface area contributed by atoms with E-state index in [9.17, 15) is 18.0 Å². The Morgan fingerprint density at radius 1 is 1.20 bits per heavy atom. The van der Waals surface area contributed by atoms with Crippen LogP contribution < -0.4 is 11.1 Å². The highest BCUT2D eigenvalue weighted by Gasteiger charge is 2.33. The van der Waals surface area contributed by atoms with Gasteiger partial charge in [0.1, 0.15) is 0 Å². The van der Waals surface area contributed by atoms with Crippen molar-refractivity contribution in [2.24, 2.45) is 13.0 Å². The number of hydrogen-bond acceptors (Lipinski definition) is 5. The summed E-state index contributed by atoms with van der Waals surface area (Å²) in [6, 6.07) is 11.9. The van der Waals surface area contributed by atoms with Crippen molar-refractivity contribution in [3.8, 4) is 0 Å². The molecule has 8 nitrogen and oxygen atoms in total. The third-order valence-electron chi connectivity index (χ3n) is 5.44. The number of fused-ring (bicyclic) bond motifs is 1. The van der Waals surface area contributed by atoms with Crippen LogP contribution in [0.3, 0.4) is 0 Å². The van der Waals surface area contributed by atoms with E-state index < -0.39 is 21.7 Å². The van der Waals surface area contributed by atoms with Crippen LogP contribution in [-0.2, 0) is 21.9 Å². The standard InChI is InChI=1S/C21H23N3O5S/c1-14-5-3-7-16(11-14)22-20(25)15-6-4-10-24(13-15)30(27,28)17-8-9-18-19(12-17)29-21(26)23(18)2/h3,5,7-9,11-12,15H,4,6,10,13H2,1-2H3,(H,22,25). The number of aryl methyl sites for hydroxylation is 2. The number of benzene rings is 2. The van der Waals surface area contributed by atoms with Gasteiger partial charge in [-0.05, 0) is 49.6 Å². The normalized spacial score (nSPS) is 17.9. The second kappa shape index (κ2) is 7.73. The largest absolute Gasteiger partial charge is 0.419 e. The Kier molecular flexibility index (Phi) is 5.25. The van der Waals surface area contributed by atoms with E-state index in [-0.39, 0.29) is 22.9 Å². The Morgan fingerprint density at radius 2 is 2.00 bits per heavy atom. The van der Waals surface area contributed by atoms with E-state index in [4.69, 9.17) is 4.42 Å². The van der Waals surface area contributed by atoms with Crippen LogP contribution in [0.4, 0.5) is 5.69 Å². The molecule has 1 amide bonds. The van der Waals surface area contributed by atoms with E-state index in [1.807, 2.05) is 31.2 Å². The van der Waals surface area contributed by atoms with Gasteiger partial charge in [0, 0.05) is 31.9 Å². The Morgan fingerprint density at radius 3 is 2.77 bits per heavy atom. The molecule has 1 aliphatic rings. The number of carbonyl (C=O) groups excluding carboxylic acids is 1. The average Bonchev–Trinajstić information content (AvgIpc) is 3.01. The molecule has 0 aliphatic carbocycles. The Balaban J connectivity index is 1.54. The average molecular weight is 429 g/mol. The number of piperidine rings is 1. The molecule has 3 aromatic rings. The van der Waals surface area contributed by atoms with Crippen LogP contribution in [0.2, 0.25) is 0 Å². The minimum absolute atomic E-state index is 0.0455. The molecular formula is C21H23N3O5S. The summed E-state index contributed by atoms with van der Waals surface area (Å²) in [6.45, 7) is 2.39. The molecule has 30 heavy (non-hydrogen) atoms. The molecule has 2 aromatic carbocycles. The first-order valence-corrected chi connectivity index (χ1v) is 11.2. The van der Waals surface area contributed by atoms with E-state index in [2.05, 4.69) is 5.32 Å². The van der Waals surface area contributed by atoms with Gasteiger partial charge in [0.05, 0.1) is 16.3 Å². The fourth-order valence-electron chi connectivity index (χ4n) is 3.77. The van der Waals surface area contributed by atoms with E-state index in [0.29, 0.717) is 30.6 Å². The van der Waals surface area contributed by atoms with Crippen LogP contribution in [0.15, 0.2) is 56.6 Å². The lowest BCUT2D eigenvalue weighted by Gasteiger charge is -2.31. The highest BCUT2D eigenvalue weighted by molar-refractivity contribution is 7.89. The Labute approximate surface area is 174 Å². The zero-order chi connectivity index (χ0) is 21.5. The van der Waals surface area contributed by atoms with Crippen molar-refractivity contribution in [1.82, 2.24) is 8.87 Å². The number of nitrogens with zero attached hydrogens (tertiary/aromatic N) is 2. The van der Waals surface area contributed by atoms with E-state index in [0.717, 1.165) is 5.56 Å². The summed E-state index contributed by atoms with van der Waals surface area (Å²) in [5.74, 6) is -1.18. The highest BCUT2D eigenvalue weighted by Crippen LogP contribution is 2.26. The van der Waals surface area contributed by atoms with Gasteiger partial charge in [-0.25, -0.2) is 13.2 Å². The molecule has 158 valence electrons. The van der Waals surface area contributed by atoms with Crippen molar-refractivity contribution in [2.75, 3.05) is 18.4 Å². The number of sulfonamides is 1. The molecule has 4 rings (SSSR count). The minimum Gasteiger partial charge on any atom is -0.408 e. The number of aromatic nitrogens is 1. The summed E-state index contributed by atoms with van der Waals surface area (Å²) in [7, 11) is -2.26. The van der Waals surface area contributed by atoms with Crippen molar-refractivity contribution < 1.29 is 17.6 Å². The molecule has 1 saturated heterocycles. The van der Waals surface area contributed by atoms with Crippen LogP contribution in [0, 0.1) is 12.8 Å². The summed E-state index contributed by atoms with van der Waals surface area (Å²) in [5.41, 5.74) is 2.47. The lowest BCUT2D eigenvalue weighted by atomic mass is 9.98. The van der Waals surface area contributed by atoms with Crippen LogP contribution in [-0.4, -0.2) is 36.3 Å². The number of carbonyl (C=O) groups is 1. The molecular weight excluding hydrogens is 406 g/mol. The summed E-state index contributed by atoms with van der Waals surface area (Å²) < 4.78 is 34.1. The van der Waals surface area contributed by atoms with Gasteiger partial charge in [-0.1, -0.05) is 12.1 Å². The van der Waals surface area contributed by atoms with Crippen molar-refractivity contribution in [3.05, 3.63) is 58.6 Å². The van der Waals surface area contributed by atoms with E-state index in [1.54, 1.807) is 13.1 Å². The number of anilines is 1. The maximum atomic E-state index is 13.2. The molecule has 1 aliphatic heterocycles. The van der Waals surface area contributed by atoms with Crippen LogP contribution in [0.25, 0.3) is 11.1 Å². The zero-order valence-electron chi connectivity index (χ0n) is 16.8. The smallest absolute Gasteiger partial charge is 0.408 e. The molecule has 9 heteroatoms. The Bertz CT molecular complexity index is 1280. The molecule has 0 saturated carbocycles. The zero-order valence-corrected chi connectivity index (χ0v) is 17.6. The van der Waals surface area contributed by atoms with Gasteiger partial charge in [0.2, 0.25) is 15.9 Å². The molecule has 1 N–H and O–H groups in total. The highest BCUT2D eigenvalue weighted by atomic mass is 32.2. The number of oxazole rings is 1. The first-order valence-electron chi connectivity index (χ1n) is 9.73. The lowest BCUT2D eigenvalue weighted by molar-refractivity contribution is -0.120. The number of rotatable bonds is 4. The van der Waals surface area contributed by atoms with Crippen LogP contribution in [0.5, 0.6) is 0 Å². The number of nitrogens with one attached hydrogen (secondary N) is 1. The topological polar surface area (TPSA) is 102 Å². The van der Waals surface area contributed by atoms with Crippen LogP contribution in [0.1, 0.15) is 18.4 Å². The summed E-state index contributed by atoms with van der Waals surface area (Å²) in [4.78, 5) is 24.4. The first-order chi connectivity index (χ1) is 14.3. The van der Waals surface area contributed by atoms with Gasteiger partial charge < -0.3 is 9.73 Å². The van der Waals surface area contributed by atoms with E-state index in [1.165, 1.54) is 21.0 Å². The Hall–Kier alpha value is -2.91. The monoisotopic (exact) mass is 429 g/mol. The predicted octanol–water partition coefficient (Wildman–Crippen LogP) is 2.48. The first kappa shape index (κ1) is 20.4. The summed E-state index contributed by atoms with van der Waals surface area (Å²) >= 11 is 0. The quantitative estimate of drug-likeness (QED) is 0.687. The molecule has 0 bridgehead atoms. The van der Waals surface area contributed by atoms with Crippen molar-refractivity contribution in [3.63, 3.8) is 0 Å². The van der Waals surface area contributed by atoms with Gasteiger partial charge in [0.25, 0.3) is 0 Å².